The molecule has 0 fully saturated rings. The molecule has 3 aromatic carbocycles. The minimum absolute atomic E-state index is 0.241. The third-order valence-corrected chi connectivity index (χ3v) is 8.27. The van der Waals surface area contributed by atoms with Crippen LogP contribution >= 0.6 is 0 Å². The molecule has 0 heterocycles. The molecule has 3 aromatic rings. The molecule has 0 N–H and O–H groups in total. The monoisotopic (exact) mass is 528 g/mol. The molecule has 186 valence electrons. The zero-order chi connectivity index (χ0) is 26.4. The SMILES string of the molecule is COc1c(F)cc(F)c[c]1[Al]([c]1c(F)c(F)c(F)c(OC)c1F)[c]1c(F)c(F)c(F)c(OC)c1F. The largest absolute Gasteiger partial charge is 0.495 e. The first-order chi connectivity index (χ1) is 16.4. The van der Waals surface area contributed by atoms with Gasteiger partial charge in [0, 0.05) is 6.07 Å². The maximum absolute atomic E-state index is 15.2. The van der Waals surface area contributed by atoms with Crippen LogP contribution in [-0.2, 0) is 0 Å². The molecule has 0 saturated heterocycles. The summed E-state index contributed by atoms with van der Waals surface area (Å²) in [6.45, 7) is 0. The Bertz CT molecular complexity index is 1260. The van der Waals surface area contributed by atoms with E-state index < -0.39 is 103 Å². The number of rotatable bonds is 6. The lowest BCUT2D eigenvalue weighted by Gasteiger charge is -2.22. The smallest absolute Gasteiger partial charge is 0.409 e. The lowest BCUT2D eigenvalue weighted by atomic mass is 10.2. The number of hydrogen-bond acceptors (Lipinski definition) is 3. The summed E-state index contributed by atoms with van der Waals surface area (Å²) in [4.78, 5) is 0. The van der Waals surface area contributed by atoms with Crippen LogP contribution in [0.5, 0.6) is 17.2 Å². The van der Waals surface area contributed by atoms with Gasteiger partial charge in [-0.3, -0.25) is 0 Å². The van der Waals surface area contributed by atoms with Gasteiger partial charge in [-0.05, 0) is 14.9 Å². The molecule has 0 radical (unpaired) electrons. The van der Waals surface area contributed by atoms with Crippen LogP contribution in [0.1, 0.15) is 0 Å². The molecule has 14 heteroatoms. The van der Waals surface area contributed by atoms with Gasteiger partial charge in [0.15, 0.2) is 52.2 Å². The Labute approximate surface area is 194 Å². The zero-order valence-corrected chi connectivity index (χ0v) is 18.9. The molecule has 0 spiro atoms. The van der Waals surface area contributed by atoms with E-state index >= 15 is 8.78 Å². The van der Waals surface area contributed by atoms with Crippen molar-refractivity contribution in [3.05, 3.63) is 70.3 Å². The Balaban J connectivity index is 2.65. The fraction of sp³-hybridized carbons (Fsp3) is 0.143. The number of benzene rings is 3. The summed E-state index contributed by atoms with van der Waals surface area (Å²) in [5.74, 6) is -25.0. The van der Waals surface area contributed by atoms with Crippen molar-refractivity contribution in [2.24, 2.45) is 0 Å². The molecule has 0 aliphatic rings. The minimum atomic E-state index is -4.84. The van der Waals surface area contributed by atoms with Crippen LogP contribution in [0.25, 0.3) is 0 Å². The average molecular weight is 528 g/mol. The highest BCUT2D eigenvalue weighted by Crippen LogP contribution is 2.29. The van der Waals surface area contributed by atoms with E-state index in [0.717, 1.165) is 7.11 Å². The number of hydrogen-bond donors (Lipinski definition) is 0. The second-order valence-corrected chi connectivity index (χ2v) is 9.49. The Hall–Kier alpha value is -3.11. The first kappa shape index (κ1) is 26.5. The Morgan fingerprint density at radius 3 is 1.26 bits per heavy atom. The third-order valence-electron chi connectivity index (χ3n) is 5.05. The van der Waals surface area contributed by atoms with Crippen LogP contribution < -0.4 is 27.5 Å². The van der Waals surface area contributed by atoms with Crippen LogP contribution in [0.2, 0.25) is 0 Å². The molecule has 0 amide bonds. The van der Waals surface area contributed by atoms with Gasteiger partial charge in [0.2, 0.25) is 11.6 Å². The van der Waals surface area contributed by atoms with Gasteiger partial charge in [0.25, 0.3) is 0 Å². The van der Waals surface area contributed by atoms with E-state index in [-0.39, 0.29) is 6.07 Å². The number of methoxy groups -OCH3 is 3. The molecule has 0 atom stereocenters. The Morgan fingerprint density at radius 1 is 0.486 bits per heavy atom. The van der Waals surface area contributed by atoms with Gasteiger partial charge < -0.3 is 14.2 Å². The van der Waals surface area contributed by atoms with Crippen LogP contribution in [0.4, 0.5) is 43.9 Å². The van der Waals surface area contributed by atoms with Crippen LogP contribution in [0.3, 0.4) is 0 Å². The maximum Gasteiger partial charge on any atom is 0.409 e. The summed E-state index contributed by atoms with van der Waals surface area (Å²) >= 11 is -4.84. The van der Waals surface area contributed by atoms with Crippen molar-refractivity contribution in [2.45, 2.75) is 0 Å². The Morgan fingerprint density at radius 2 is 0.886 bits per heavy atom. The maximum atomic E-state index is 15.2. The number of halogens is 10. The summed E-state index contributed by atoms with van der Waals surface area (Å²) in [7, 11) is 2.08. The van der Waals surface area contributed by atoms with Crippen molar-refractivity contribution >= 4 is 27.4 Å². The highest BCUT2D eigenvalue weighted by molar-refractivity contribution is 6.96. The van der Waals surface area contributed by atoms with Crippen LogP contribution in [-0.4, -0.2) is 35.5 Å². The van der Waals surface area contributed by atoms with Gasteiger partial charge in [-0.25, -0.2) is 35.1 Å². The minimum Gasteiger partial charge on any atom is -0.495 e. The van der Waals surface area contributed by atoms with E-state index in [1.165, 1.54) is 0 Å². The van der Waals surface area contributed by atoms with Gasteiger partial charge in [-0.2, -0.15) is 8.78 Å². The van der Waals surface area contributed by atoms with Crippen molar-refractivity contribution in [3.63, 3.8) is 0 Å². The molecular weight excluding hydrogens is 517 g/mol. The molecule has 0 aromatic heterocycles. The summed E-state index contributed by atoms with van der Waals surface area (Å²) in [6, 6.07) is 0.586. The topological polar surface area (TPSA) is 27.7 Å². The average Bonchev–Trinajstić information content (AvgIpc) is 2.80. The fourth-order valence-corrected chi connectivity index (χ4v) is 6.87. The second-order valence-electron chi connectivity index (χ2n) is 6.85. The van der Waals surface area contributed by atoms with Crippen molar-refractivity contribution < 1.29 is 58.1 Å². The van der Waals surface area contributed by atoms with E-state index in [2.05, 4.69) is 9.47 Å². The third kappa shape index (κ3) is 4.14. The summed E-state index contributed by atoms with van der Waals surface area (Å²) in [5, 5.41) is 0. The van der Waals surface area contributed by atoms with E-state index in [9.17, 15) is 35.1 Å². The van der Waals surface area contributed by atoms with Crippen molar-refractivity contribution in [2.75, 3.05) is 21.3 Å². The van der Waals surface area contributed by atoms with Gasteiger partial charge in [-0.1, -0.05) is 4.43 Å². The highest BCUT2D eigenvalue weighted by atomic mass is 27.2. The quantitative estimate of drug-likeness (QED) is 0.212. The molecular formula is C21H11AlF10O3. The number of ether oxygens (including phenoxy) is 3. The van der Waals surface area contributed by atoms with Gasteiger partial charge >= 0.3 is 14.1 Å². The summed E-state index contributed by atoms with van der Waals surface area (Å²) in [6.07, 6.45) is 0. The van der Waals surface area contributed by atoms with Gasteiger partial charge in [-0.15, -0.1) is 0 Å². The predicted octanol–water partition coefficient (Wildman–Crippen LogP) is 3.62. The van der Waals surface area contributed by atoms with E-state index in [0.29, 0.717) is 20.3 Å². The molecule has 0 bridgehead atoms. The zero-order valence-electron chi connectivity index (χ0n) is 17.7. The second kappa shape index (κ2) is 9.87. The molecule has 0 saturated carbocycles. The van der Waals surface area contributed by atoms with E-state index in [1.54, 1.807) is 0 Å². The van der Waals surface area contributed by atoms with Crippen LogP contribution in [0.15, 0.2) is 12.1 Å². The lowest BCUT2D eigenvalue weighted by molar-refractivity contribution is 0.337. The summed E-state index contributed by atoms with van der Waals surface area (Å²) in [5.41, 5.74) is 0. The lowest BCUT2D eigenvalue weighted by Crippen LogP contribution is -2.58. The predicted molar refractivity (Wildman–Crippen MR) is 103 cm³/mol. The standard InChI is InChI=1S/2C7H3F4O.C7H5F2O.Al/c2*1-12-7-4(9)2-3(8)5(10)6(7)11;1-10-7-3-2-5(8)4-6(7)9;/h2*1H3;2,4H,1H3;. The molecule has 0 aliphatic carbocycles. The first-order valence-electron chi connectivity index (χ1n) is 9.25. The van der Waals surface area contributed by atoms with Crippen LogP contribution in [0, 0.1) is 58.2 Å². The molecule has 3 rings (SSSR count). The molecule has 0 aliphatic heterocycles. The van der Waals surface area contributed by atoms with Gasteiger partial charge in [0.1, 0.15) is 11.6 Å². The van der Waals surface area contributed by atoms with Crippen molar-refractivity contribution in [3.8, 4) is 17.2 Å². The normalized spacial score (nSPS) is 11.0. The molecule has 35 heavy (non-hydrogen) atoms. The van der Waals surface area contributed by atoms with E-state index in [4.69, 9.17) is 4.74 Å². The van der Waals surface area contributed by atoms with E-state index in [1.807, 2.05) is 0 Å². The summed E-state index contributed by atoms with van der Waals surface area (Å²) < 4.78 is 155. The molecule has 3 nitrogen and oxygen atoms in total. The van der Waals surface area contributed by atoms with Crippen molar-refractivity contribution in [1.82, 2.24) is 0 Å². The first-order valence-corrected chi connectivity index (χ1v) is 11.0. The van der Waals surface area contributed by atoms with Crippen molar-refractivity contribution in [1.29, 1.82) is 0 Å². The molecule has 0 unspecified atom stereocenters. The fourth-order valence-electron chi connectivity index (χ4n) is 3.59. The Kier molecular flexibility index (Phi) is 7.47. The highest BCUT2D eigenvalue weighted by Gasteiger charge is 2.44. The van der Waals surface area contributed by atoms with Gasteiger partial charge in [0.05, 0.1) is 21.3 Å².